The highest BCUT2D eigenvalue weighted by Gasteiger charge is 2.36. The Balaban J connectivity index is 2.01. The Morgan fingerprint density at radius 2 is 2.53 bits per heavy atom. The largest absolute Gasteiger partial charge is 0.366 e. The molecule has 2 unspecified atom stereocenters. The summed E-state index contributed by atoms with van der Waals surface area (Å²) in [6.45, 7) is 2.20. The summed E-state index contributed by atoms with van der Waals surface area (Å²) < 4.78 is 0.650. The van der Waals surface area contributed by atoms with Crippen LogP contribution in [0.15, 0.2) is 11.1 Å². The summed E-state index contributed by atoms with van der Waals surface area (Å²) in [4.78, 5) is 18.0. The van der Waals surface area contributed by atoms with Gasteiger partial charge in [0.25, 0.3) is 5.56 Å². The fourth-order valence-electron chi connectivity index (χ4n) is 1.77. The van der Waals surface area contributed by atoms with Gasteiger partial charge in [-0.2, -0.15) is 0 Å². The first-order chi connectivity index (χ1) is 7.22. The maximum absolute atomic E-state index is 11.3. The summed E-state index contributed by atoms with van der Waals surface area (Å²) >= 11 is 2.03. The molecular weight excluding hydrogens is 305 g/mol. The monoisotopic (exact) mass is 319 g/mol. The smallest absolute Gasteiger partial charge is 0.266 e. The summed E-state index contributed by atoms with van der Waals surface area (Å²) in [6.07, 6.45) is 5.14. The number of rotatable bonds is 4. The Bertz CT molecular complexity index is 404. The molecule has 0 bridgehead atoms. The Labute approximate surface area is 102 Å². The second kappa shape index (κ2) is 4.51. The first kappa shape index (κ1) is 10.9. The molecule has 1 aliphatic rings. The highest BCUT2D eigenvalue weighted by Crippen LogP contribution is 2.37. The lowest BCUT2D eigenvalue weighted by Crippen LogP contribution is -2.16. The molecule has 0 saturated heterocycles. The maximum Gasteiger partial charge on any atom is 0.266 e. The van der Waals surface area contributed by atoms with Crippen molar-refractivity contribution in [3.63, 3.8) is 0 Å². The molecule has 1 heterocycles. The lowest BCUT2D eigenvalue weighted by Gasteiger charge is -2.05. The van der Waals surface area contributed by atoms with Crippen molar-refractivity contribution < 1.29 is 0 Å². The summed E-state index contributed by atoms with van der Waals surface area (Å²) in [6, 6.07) is 0.521. The normalized spacial score (nSPS) is 23.9. The van der Waals surface area contributed by atoms with E-state index >= 15 is 0 Å². The number of aromatic nitrogens is 2. The molecule has 0 amide bonds. The van der Waals surface area contributed by atoms with Crippen LogP contribution >= 0.6 is 22.6 Å². The Morgan fingerprint density at radius 3 is 3.27 bits per heavy atom. The van der Waals surface area contributed by atoms with Crippen molar-refractivity contribution >= 4 is 28.4 Å². The summed E-state index contributed by atoms with van der Waals surface area (Å²) in [5.74, 6) is 1.50. The predicted molar refractivity (Wildman–Crippen MR) is 68.0 cm³/mol. The Kier molecular flexibility index (Phi) is 3.28. The average Bonchev–Trinajstić information content (AvgIpc) is 2.93. The lowest BCUT2D eigenvalue weighted by atomic mass is 10.2. The van der Waals surface area contributed by atoms with Crippen LogP contribution in [0, 0.1) is 9.49 Å². The van der Waals surface area contributed by atoms with Crippen LogP contribution in [0.4, 0.5) is 5.82 Å². The van der Waals surface area contributed by atoms with Gasteiger partial charge >= 0.3 is 0 Å². The predicted octanol–water partition coefficient (Wildman–Crippen LogP) is 1.97. The zero-order valence-electron chi connectivity index (χ0n) is 8.59. The molecule has 1 aromatic heterocycles. The molecule has 0 radical (unpaired) electrons. The SMILES string of the molecule is CCCC1CC1Nc1nc[nH]c(=O)c1I. The molecule has 1 aromatic rings. The van der Waals surface area contributed by atoms with Crippen molar-refractivity contribution in [2.75, 3.05) is 5.32 Å². The van der Waals surface area contributed by atoms with Crippen LogP contribution in [-0.4, -0.2) is 16.0 Å². The van der Waals surface area contributed by atoms with E-state index < -0.39 is 0 Å². The van der Waals surface area contributed by atoms with Crippen LogP contribution in [-0.2, 0) is 0 Å². The van der Waals surface area contributed by atoms with E-state index in [1.165, 1.54) is 25.6 Å². The first-order valence-electron chi connectivity index (χ1n) is 5.22. The Hall–Kier alpha value is -0.590. The van der Waals surface area contributed by atoms with Crippen LogP contribution < -0.4 is 10.9 Å². The zero-order valence-corrected chi connectivity index (χ0v) is 10.7. The van der Waals surface area contributed by atoms with Gasteiger partial charge in [0.1, 0.15) is 9.39 Å². The van der Waals surface area contributed by atoms with Gasteiger partial charge in [-0.1, -0.05) is 13.3 Å². The van der Waals surface area contributed by atoms with E-state index in [1.807, 2.05) is 22.6 Å². The number of hydrogen-bond donors (Lipinski definition) is 2. The molecule has 5 heteroatoms. The molecule has 2 rings (SSSR count). The second-order valence-corrected chi connectivity index (χ2v) is 5.01. The number of nitrogens with one attached hydrogen (secondary N) is 2. The van der Waals surface area contributed by atoms with Gasteiger partial charge in [-0.15, -0.1) is 0 Å². The minimum absolute atomic E-state index is 0.0687. The minimum atomic E-state index is -0.0687. The number of nitrogens with zero attached hydrogens (tertiary/aromatic N) is 1. The zero-order chi connectivity index (χ0) is 10.8. The van der Waals surface area contributed by atoms with Gasteiger partial charge in [0, 0.05) is 6.04 Å². The molecule has 0 spiro atoms. The lowest BCUT2D eigenvalue weighted by molar-refractivity contribution is 0.692. The molecule has 1 aliphatic carbocycles. The third kappa shape index (κ3) is 2.50. The minimum Gasteiger partial charge on any atom is -0.366 e. The van der Waals surface area contributed by atoms with Gasteiger partial charge in [-0.3, -0.25) is 4.79 Å². The third-order valence-electron chi connectivity index (χ3n) is 2.70. The molecular formula is C10H14IN3O. The standard InChI is InChI=1S/C10H14IN3O/c1-2-3-6-4-7(6)14-9-8(11)10(15)13-5-12-9/h5-7H,2-4H2,1H3,(H2,12,13,14,15). The van der Waals surface area contributed by atoms with Crippen LogP contribution in [0.2, 0.25) is 0 Å². The number of aromatic amines is 1. The highest BCUT2D eigenvalue weighted by molar-refractivity contribution is 14.1. The third-order valence-corrected chi connectivity index (χ3v) is 3.70. The summed E-state index contributed by atoms with van der Waals surface area (Å²) in [5.41, 5.74) is -0.0687. The van der Waals surface area contributed by atoms with Crippen LogP contribution in [0.3, 0.4) is 0 Å². The van der Waals surface area contributed by atoms with Crippen molar-refractivity contribution in [2.24, 2.45) is 5.92 Å². The molecule has 0 aromatic carbocycles. The fourth-order valence-corrected chi connectivity index (χ4v) is 2.22. The highest BCUT2D eigenvalue weighted by atomic mass is 127. The van der Waals surface area contributed by atoms with E-state index in [2.05, 4.69) is 22.2 Å². The van der Waals surface area contributed by atoms with E-state index in [0.29, 0.717) is 9.61 Å². The van der Waals surface area contributed by atoms with Crippen molar-refractivity contribution in [2.45, 2.75) is 32.2 Å². The van der Waals surface area contributed by atoms with E-state index in [4.69, 9.17) is 0 Å². The number of anilines is 1. The van der Waals surface area contributed by atoms with Crippen molar-refractivity contribution in [1.29, 1.82) is 0 Å². The first-order valence-corrected chi connectivity index (χ1v) is 6.30. The van der Waals surface area contributed by atoms with Gasteiger partial charge in [0.05, 0.1) is 6.33 Å². The van der Waals surface area contributed by atoms with Gasteiger partial charge in [0.15, 0.2) is 0 Å². The van der Waals surface area contributed by atoms with Crippen LogP contribution in [0.25, 0.3) is 0 Å². The number of H-pyrrole nitrogens is 1. The molecule has 2 atom stereocenters. The summed E-state index contributed by atoms with van der Waals surface area (Å²) in [5, 5.41) is 3.32. The van der Waals surface area contributed by atoms with Crippen molar-refractivity contribution in [3.05, 3.63) is 20.3 Å². The molecule has 1 saturated carbocycles. The molecule has 15 heavy (non-hydrogen) atoms. The van der Waals surface area contributed by atoms with Crippen molar-refractivity contribution in [1.82, 2.24) is 9.97 Å². The molecule has 0 aliphatic heterocycles. The van der Waals surface area contributed by atoms with Gasteiger partial charge in [-0.25, -0.2) is 4.98 Å². The van der Waals surface area contributed by atoms with E-state index in [1.54, 1.807) is 0 Å². The summed E-state index contributed by atoms with van der Waals surface area (Å²) in [7, 11) is 0. The fraction of sp³-hybridized carbons (Fsp3) is 0.600. The maximum atomic E-state index is 11.3. The van der Waals surface area contributed by atoms with E-state index in [9.17, 15) is 4.79 Å². The van der Waals surface area contributed by atoms with Crippen LogP contribution in [0.1, 0.15) is 26.2 Å². The van der Waals surface area contributed by atoms with Gasteiger partial charge in [-0.05, 0) is 41.4 Å². The molecule has 4 nitrogen and oxygen atoms in total. The molecule has 2 N–H and O–H groups in total. The van der Waals surface area contributed by atoms with Crippen LogP contribution in [0.5, 0.6) is 0 Å². The molecule has 1 fully saturated rings. The van der Waals surface area contributed by atoms with Crippen molar-refractivity contribution in [3.8, 4) is 0 Å². The Morgan fingerprint density at radius 1 is 1.73 bits per heavy atom. The van der Waals surface area contributed by atoms with Gasteiger partial charge in [0.2, 0.25) is 0 Å². The average molecular weight is 319 g/mol. The quantitative estimate of drug-likeness (QED) is 0.835. The second-order valence-electron chi connectivity index (χ2n) is 3.93. The topological polar surface area (TPSA) is 57.8 Å². The van der Waals surface area contributed by atoms with E-state index in [-0.39, 0.29) is 5.56 Å². The van der Waals surface area contributed by atoms with Gasteiger partial charge < -0.3 is 10.3 Å². The molecule has 82 valence electrons. The number of halogens is 1. The number of hydrogen-bond acceptors (Lipinski definition) is 3. The van der Waals surface area contributed by atoms with E-state index in [0.717, 1.165) is 11.7 Å².